The van der Waals surface area contributed by atoms with Gasteiger partial charge in [-0.2, -0.15) is 0 Å². The molecule has 0 bridgehead atoms. The number of nitro groups is 1. The number of nitrogens with one attached hydrogen (secondary N) is 1. The number of hydrogen-bond donors (Lipinski definition) is 1. The first kappa shape index (κ1) is 14.6. The number of nitrogens with zero attached hydrogens (tertiary/aromatic N) is 1. The van der Waals surface area contributed by atoms with Crippen molar-refractivity contribution in [3.8, 4) is 0 Å². The Morgan fingerprint density at radius 3 is 2.55 bits per heavy atom. The minimum Gasteiger partial charge on any atom is -0.381 e. The third-order valence-electron chi connectivity index (χ3n) is 3.06. The first-order valence-electron chi connectivity index (χ1n) is 6.53. The van der Waals surface area contributed by atoms with E-state index in [1.165, 1.54) is 12.8 Å². The van der Waals surface area contributed by atoms with Gasteiger partial charge in [-0.1, -0.05) is 0 Å². The summed E-state index contributed by atoms with van der Waals surface area (Å²) in [7, 11) is 0. The normalized spacial score (nSPS) is 14.3. The zero-order chi connectivity index (χ0) is 14.5. The zero-order valence-corrected chi connectivity index (χ0v) is 10.9. The van der Waals surface area contributed by atoms with Crippen molar-refractivity contribution in [2.75, 3.05) is 25.1 Å². The quantitative estimate of drug-likeness (QED) is 0.453. The molecule has 0 saturated heterocycles. The molecule has 1 fully saturated rings. The number of ether oxygens (including phenoxy) is 1. The van der Waals surface area contributed by atoms with Crippen molar-refractivity contribution in [2.24, 2.45) is 5.92 Å². The van der Waals surface area contributed by atoms with Gasteiger partial charge in [0.25, 0.3) is 5.69 Å². The topological polar surface area (TPSA) is 64.4 Å². The van der Waals surface area contributed by atoms with E-state index in [-0.39, 0.29) is 5.69 Å². The van der Waals surface area contributed by atoms with Crippen LogP contribution in [0.4, 0.5) is 20.2 Å². The van der Waals surface area contributed by atoms with Gasteiger partial charge in [-0.25, -0.2) is 8.78 Å². The van der Waals surface area contributed by atoms with Crippen LogP contribution in [0.25, 0.3) is 0 Å². The third-order valence-corrected chi connectivity index (χ3v) is 3.06. The molecule has 0 spiro atoms. The van der Waals surface area contributed by atoms with E-state index in [4.69, 9.17) is 4.74 Å². The number of hydrogen-bond acceptors (Lipinski definition) is 4. The molecule has 5 nitrogen and oxygen atoms in total. The molecular weight excluding hydrogens is 270 g/mol. The molecule has 7 heteroatoms. The summed E-state index contributed by atoms with van der Waals surface area (Å²) < 4.78 is 32.4. The predicted molar refractivity (Wildman–Crippen MR) is 69.7 cm³/mol. The molecule has 20 heavy (non-hydrogen) atoms. The molecule has 1 aliphatic rings. The molecule has 2 rings (SSSR count). The van der Waals surface area contributed by atoms with Crippen LogP contribution < -0.4 is 5.32 Å². The maximum absolute atomic E-state index is 13.5. The molecule has 0 aromatic heterocycles. The highest BCUT2D eigenvalue weighted by molar-refractivity contribution is 5.51. The second-order valence-electron chi connectivity index (χ2n) is 4.84. The molecule has 0 unspecified atom stereocenters. The summed E-state index contributed by atoms with van der Waals surface area (Å²) in [6, 6.07) is 1.41. The van der Waals surface area contributed by atoms with E-state index in [0.717, 1.165) is 6.61 Å². The van der Waals surface area contributed by atoms with Gasteiger partial charge in [0.05, 0.1) is 17.1 Å². The molecule has 0 aliphatic heterocycles. The zero-order valence-electron chi connectivity index (χ0n) is 10.9. The van der Waals surface area contributed by atoms with Crippen molar-refractivity contribution >= 4 is 11.4 Å². The van der Waals surface area contributed by atoms with Crippen LogP contribution >= 0.6 is 0 Å². The average Bonchev–Trinajstić information content (AvgIpc) is 3.19. The summed E-state index contributed by atoms with van der Waals surface area (Å²) in [6.07, 6.45) is 3.05. The fourth-order valence-corrected chi connectivity index (χ4v) is 1.76. The van der Waals surface area contributed by atoms with Gasteiger partial charge in [0.2, 0.25) is 0 Å². The molecule has 1 saturated carbocycles. The van der Waals surface area contributed by atoms with Crippen LogP contribution in [0, 0.1) is 27.7 Å². The number of halogens is 2. The summed E-state index contributed by atoms with van der Waals surface area (Å²) in [5.74, 6) is -1.24. The Bertz CT molecular complexity index is 469. The summed E-state index contributed by atoms with van der Waals surface area (Å²) in [6.45, 7) is 1.62. The van der Waals surface area contributed by atoms with Crippen LogP contribution in [0.5, 0.6) is 0 Å². The Morgan fingerprint density at radius 2 is 2.00 bits per heavy atom. The Morgan fingerprint density at radius 1 is 1.35 bits per heavy atom. The molecule has 1 aromatic rings. The van der Waals surface area contributed by atoms with Crippen LogP contribution in [0.3, 0.4) is 0 Å². The first-order valence-corrected chi connectivity index (χ1v) is 6.53. The van der Waals surface area contributed by atoms with Crippen molar-refractivity contribution in [1.29, 1.82) is 0 Å². The third kappa shape index (κ3) is 4.12. The van der Waals surface area contributed by atoms with E-state index in [2.05, 4.69) is 5.32 Å². The maximum Gasteiger partial charge on any atom is 0.275 e. The molecule has 0 heterocycles. The molecule has 1 aliphatic carbocycles. The van der Waals surface area contributed by atoms with E-state index in [0.29, 0.717) is 37.6 Å². The molecule has 110 valence electrons. The van der Waals surface area contributed by atoms with Crippen molar-refractivity contribution in [3.05, 3.63) is 33.9 Å². The number of rotatable bonds is 8. The number of benzene rings is 1. The largest absolute Gasteiger partial charge is 0.381 e. The Kier molecular flexibility index (Phi) is 4.84. The van der Waals surface area contributed by atoms with Gasteiger partial charge >= 0.3 is 0 Å². The molecule has 0 radical (unpaired) electrons. The van der Waals surface area contributed by atoms with Gasteiger partial charge < -0.3 is 10.1 Å². The van der Waals surface area contributed by atoms with Gasteiger partial charge in [-0.05, 0) is 25.2 Å². The first-order chi connectivity index (χ1) is 9.58. The van der Waals surface area contributed by atoms with Gasteiger partial charge in [0.15, 0.2) is 11.6 Å². The monoisotopic (exact) mass is 286 g/mol. The number of nitro benzene ring substituents is 1. The van der Waals surface area contributed by atoms with Crippen LogP contribution in [0.1, 0.15) is 19.3 Å². The van der Waals surface area contributed by atoms with Gasteiger partial charge in [0, 0.05) is 19.8 Å². The van der Waals surface area contributed by atoms with Crippen molar-refractivity contribution in [1.82, 2.24) is 0 Å². The minimum absolute atomic E-state index is 0.335. The van der Waals surface area contributed by atoms with Crippen molar-refractivity contribution in [3.63, 3.8) is 0 Å². The molecule has 0 atom stereocenters. The van der Waals surface area contributed by atoms with E-state index in [9.17, 15) is 18.9 Å². The molecule has 1 aromatic carbocycles. The summed E-state index contributed by atoms with van der Waals surface area (Å²) in [5.41, 5.74) is -0.934. The fourth-order valence-electron chi connectivity index (χ4n) is 1.76. The lowest BCUT2D eigenvalue weighted by Crippen LogP contribution is -2.09. The highest BCUT2D eigenvalue weighted by Crippen LogP contribution is 2.28. The van der Waals surface area contributed by atoms with E-state index < -0.39 is 22.2 Å². The fraction of sp³-hybridized carbons (Fsp3) is 0.538. The lowest BCUT2D eigenvalue weighted by Gasteiger charge is -2.09. The summed E-state index contributed by atoms with van der Waals surface area (Å²) >= 11 is 0. The van der Waals surface area contributed by atoms with Gasteiger partial charge in [0.1, 0.15) is 5.69 Å². The summed E-state index contributed by atoms with van der Waals surface area (Å²) in [5, 5.41) is 13.0. The van der Waals surface area contributed by atoms with Crippen molar-refractivity contribution in [2.45, 2.75) is 19.3 Å². The minimum atomic E-state index is -0.962. The second-order valence-corrected chi connectivity index (χ2v) is 4.84. The van der Waals surface area contributed by atoms with E-state index in [1.807, 2.05) is 0 Å². The highest BCUT2D eigenvalue weighted by Gasteiger charge is 2.21. The molecule has 0 amide bonds. The van der Waals surface area contributed by atoms with E-state index in [1.54, 1.807) is 0 Å². The Labute approximate surface area is 115 Å². The van der Waals surface area contributed by atoms with E-state index >= 15 is 0 Å². The SMILES string of the molecule is O=[N+]([O-])c1cc(F)c(NCCCOCC2CC2)c(F)c1. The smallest absolute Gasteiger partial charge is 0.275 e. The Balaban J connectivity index is 1.78. The molecule has 1 N–H and O–H groups in total. The predicted octanol–water partition coefficient (Wildman–Crippen LogP) is 3.10. The van der Waals surface area contributed by atoms with Crippen molar-refractivity contribution < 1.29 is 18.4 Å². The van der Waals surface area contributed by atoms with Crippen LogP contribution in [0.15, 0.2) is 12.1 Å². The lowest BCUT2D eigenvalue weighted by molar-refractivity contribution is -0.385. The standard InChI is InChI=1S/C13H16F2N2O3/c14-11-6-10(17(18)19)7-12(15)13(11)16-4-1-5-20-8-9-2-3-9/h6-7,9,16H,1-5,8H2. The van der Waals surface area contributed by atoms with Crippen LogP contribution in [-0.2, 0) is 4.74 Å². The lowest BCUT2D eigenvalue weighted by atomic mass is 10.2. The van der Waals surface area contributed by atoms with Gasteiger partial charge in [-0.3, -0.25) is 10.1 Å². The Hall–Kier alpha value is -1.76. The molecular formula is C13H16F2N2O3. The summed E-state index contributed by atoms with van der Waals surface area (Å²) in [4.78, 5) is 9.61. The number of anilines is 1. The van der Waals surface area contributed by atoms with Gasteiger partial charge in [-0.15, -0.1) is 0 Å². The second kappa shape index (κ2) is 6.60. The highest BCUT2D eigenvalue weighted by atomic mass is 19.1. The number of non-ortho nitro benzene ring substituents is 1. The maximum atomic E-state index is 13.5. The van der Waals surface area contributed by atoms with Crippen LogP contribution in [-0.4, -0.2) is 24.7 Å². The van der Waals surface area contributed by atoms with Crippen LogP contribution in [0.2, 0.25) is 0 Å². The average molecular weight is 286 g/mol.